The third kappa shape index (κ3) is 3.36. The van der Waals surface area contributed by atoms with E-state index in [-0.39, 0.29) is 51.3 Å². The Hall–Kier alpha value is -2.59. The second-order valence-corrected chi connectivity index (χ2v) is 10.6. The molecule has 0 spiro atoms. The van der Waals surface area contributed by atoms with Gasteiger partial charge >= 0.3 is 0 Å². The Labute approximate surface area is 193 Å². The molecule has 2 saturated heterocycles. The molecule has 8 nitrogen and oxygen atoms in total. The fourth-order valence-electron chi connectivity index (χ4n) is 4.29. The molecule has 3 heterocycles. The minimum absolute atomic E-state index is 0.0112. The Balaban J connectivity index is 1.37. The van der Waals surface area contributed by atoms with Gasteiger partial charge in [0.05, 0.1) is 10.5 Å². The molecule has 2 atom stereocenters. The number of sulfonamides is 1. The Kier molecular flexibility index (Phi) is 4.97. The van der Waals surface area contributed by atoms with E-state index in [9.17, 15) is 23.4 Å². The summed E-state index contributed by atoms with van der Waals surface area (Å²) in [6.45, 7) is 0.852. The van der Waals surface area contributed by atoms with Gasteiger partial charge in [-0.2, -0.15) is 4.31 Å². The highest BCUT2D eigenvalue weighted by molar-refractivity contribution is 7.89. The van der Waals surface area contributed by atoms with Crippen LogP contribution in [0.2, 0.25) is 10.0 Å². The van der Waals surface area contributed by atoms with Crippen molar-refractivity contribution in [2.24, 2.45) is 5.92 Å². The van der Waals surface area contributed by atoms with E-state index in [2.05, 4.69) is 4.98 Å². The molecule has 32 heavy (non-hydrogen) atoms. The van der Waals surface area contributed by atoms with Gasteiger partial charge in [-0.3, -0.25) is 4.79 Å². The average Bonchev–Trinajstić information content (AvgIpc) is 3.05. The van der Waals surface area contributed by atoms with Crippen LogP contribution in [0.5, 0.6) is 11.5 Å². The van der Waals surface area contributed by atoms with Gasteiger partial charge in [0, 0.05) is 42.0 Å². The Morgan fingerprint density at radius 1 is 1.03 bits per heavy atom. The number of carbonyl (C=O) groups is 1. The lowest BCUT2D eigenvalue weighted by Gasteiger charge is -2.41. The summed E-state index contributed by atoms with van der Waals surface area (Å²) < 4.78 is 27.5. The van der Waals surface area contributed by atoms with E-state index >= 15 is 0 Å². The smallest absolute Gasteiger partial charge is 0.272 e. The molecule has 5 rings (SSSR count). The van der Waals surface area contributed by atoms with Crippen molar-refractivity contribution in [3.05, 3.63) is 58.2 Å². The summed E-state index contributed by atoms with van der Waals surface area (Å²) in [6.07, 6.45) is 0. The number of hydrogen-bond acceptors (Lipinski definition) is 6. The van der Waals surface area contributed by atoms with Crippen molar-refractivity contribution in [2.75, 3.05) is 19.6 Å². The SMILES string of the molecule is O=C(c1ccc2cc(O)ccc2n1)N1C[C@H]2CN(S(=O)(=O)c3cc(Cl)cc(Cl)c3O)[C@@H]2C1. The van der Waals surface area contributed by atoms with E-state index < -0.39 is 21.8 Å². The van der Waals surface area contributed by atoms with Crippen molar-refractivity contribution >= 4 is 50.0 Å². The number of likely N-dealkylation sites (tertiary alicyclic amines) is 1. The number of pyridine rings is 1. The molecule has 0 saturated carbocycles. The van der Waals surface area contributed by atoms with E-state index in [4.69, 9.17) is 23.2 Å². The minimum Gasteiger partial charge on any atom is -0.508 e. The molecule has 2 N–H and O–H groups in total. The summed E-state index contributed by atoms with van der Waals surface area (Å²) in [5, 5.41) is 20.4. The monoisotopic (exact) mass is 493 g/mol. The van der Waals surface area contributed by atoms with Crippen molar-refractivity contribution in [3.63, 3.8) is 0 Å². The second-order valence-electron chi connectivity index (χ2n) is 7.92. The van der Waals surface area contributed by atoms with E-state index in [1.54, 1.807) is 29.2 Å². The number of benzene rings is 2. The number of rotatable bonds is 3. The summed E-state index contributed by atoms with van der Waals surface area (Å²) in [4.78, 5) is 18.6. The average molecular weight is 494 g/mol. The van der Waals surface area contributed by atoms with Crippen LogP contribution in [0.4, 0.5) is 0 Å². The highest BCUT2D eigenvalue weighted by Gasteiger charge is 2.52. The number of aromatic hydroxyl groups is 2. The second kappa shape index (κ2) is 7.48. The van der Waals surface area contributed by atoms with Crippen LogP contribution in [-0.2, 0) is 10.0 Å². The molecule has 0 unspecified atom stereocenters. The maximum Gasteiger partial charge on any atom is 0.272 e. The normalized spacial score (nSPS) is 20.9. The third-order valence-corrected chi connectivity index (χ3v) is 8.36. The van der Waals surface area contributed by atoms with Crippen LogP contribution in [0, 0.1) is 5.92 Å². The van der Waals surface area contributed by atoms with Gasteiger partial charge in [0.15, 0.2) is 5.75 Å². The number of phenolic OH excluding ortho intramolecular Hbond substituents is 2. The number of nitrogens with zero attached hydrogens (tertiary/aromatic N) is 3. The third-order valence-electron chi connectivity index (χ3n) is 5.95. The summed E-state index contributed by atoms with van der Waals surface area (Å²) in [5.41, 5.74) is 0.825. The molecule has 1 aromatic heterocycles. The van der Waals surface area contributed by atoms with Gasteiger partial charge in [0.1, 0.15) is 16.3 Å². The first-order valence-corrected chi connectivity index (χ1v) is 11.9. The number of carbonyl (C=O) groups excluding carboxylic acids is 1. The molecule has 166 valence electrons. The zero-order valence-corrected chi connectivity index (χ0v) is 18.8. The van der Waals surface area contributed by atoms with Crippen molar-refractivity contribution in [1.82, 2.24) is 14.2 Å². The number of hydrogen-bond donors (Lipinski definition) is 2. The standard InChI is InChI=1S/C21H17Cl2N3O5S/c22-13-6-15(23)20(28)19(7-13)32(30,31)26-9-12-8-25(10-18(12)26)21(29)17-3-1-11-5-14(27)2-4-16(11)24-17/h1-7,12,18,27-28H,8-10H2/t12-,18+/m0/s1. The largest absolute Gasteiger partial charge is 0.508 e. The first-order valence-electron chi connectivity index (χ1n) is 9.74. The fourth-order valence-corrected chi connectivity index (χ4v) is 6.77. The summed E-state index contributed by atoms with van der Waals surface area (Å²) in [6, 6.07) is 10.0. The molecule has 2 aliphatic rings. The molecule has 0 radical (unpaired) electrons. The number of fused-ring (bicyclic) bond motifs is 2. The first-order chi connectivity index (χ1) is 15.1. The van der Waals surface area contributed by atoms with Gasteiger partial charge in [-0.05, 0) is 36.4 Å². The van der Waals surface area contributed by atoms with Crippen LogP contribution in [0.25, 0.3) is 10.9 Å². The highest BCUT2D eigenvalue weighted by Crippen LogP contribution is 2.42. The topological polar surface area (TPSA) is 111 Å². The Morgan fingerprint density at radius 3 is 2.59 bits per heavy atom. The van der Waals surface area contributed by atoms with Crippen LogP contribution in [-0.4, -0.2) is 64.4 Å². The quantitative estimate of drug-likeness (QED) is 0.579. The van der Waals surface area contributed by atoms with Gasteiger partial charge in [-0.15, -0.1) is 0 Å². The van der Waals surface area contributed by atoms with Crippen molar-refractivity contribution < 1.29 is 23.4 Å². The minimum atomic E-state index is -4.04. The maximum atomic E-state index is 13.1. The van der Waals surface area contributed by atoms with Gasteiger partial charge in [-0.1, -0.05) is 29.3 Å². The van der Waals surface area contributed by atoms with Crippen LogP contribution in [0.15, 0.2) is 47.4 Å². The number of aromatic nitrogens is 1. The fraction of sp³-hybridized carbons (Fsp3) is 0.238. The van der Waals surface area contributed by atoms with Gasteiger partial charge in [0.25, 0.3) is 5.91 Å². The lowest BCUT2D eigenvalue weighted by molar-refractivity contribution is 0.0783. The molecule has 2 aromatic carbocycles. The Morgan fingerprint density at radius 2 is 1.81 bits per heavy atom. The first kappa shape index (κ1) is 21.3. The van der Waals surface area contributed by atoms with Crippen molar-refractivity contribution in [1.29, 1.82) is 0 Å². The van der Waals surface area contributed by atoms with Gasteiger partial charge in [-0.25, -0.2) is 13.4 Å². The summed E-state index contributed by atoms with van der Waals surface area (Å²) in [5.74, 6) is -0.733. The van der Waals surface area contributed by atoms with E-state index in [0.29, 0.717) is 17.4 Å². The molecular weight excluding hydrogens is 477 g/mol. The molecule has 0 aliphatic carbocycles. The molecule has 3 aromatic rings. The van der Waals surface area contributed by atoms with E-state index in [1.165, 1.54) is 22.5 Å². The van der Waals surface area contributed by atoms with Gasteiger partial charge < -0.3 is 15.1 Å². The highest BCUT2D eigenvalue weighted by atomic mass is 35.5. The molecular formula is C21H17Cl2N3O5S. The van der Waals surface area contributed by atoms with Crippen LogP contribution in [0.3, 0.4) is 0 Å². The molecule has 2 aliphatic heterocycles. The zero-order valence-electron chi connectivity index (χ0n) is 16.4. The molecule has 1 amide bonds. The van der Waals surface area contributed by atoms with Gasteiger partial charge in [0.2, 0.25) is 10.0 Å². The predicted molar refractivity (Wildman–Crippen MR) is 119 cm³/mol. The van der Waals surface area contributed by atoms with E-state index in [0.717, 1.165) is 0 Å². The predicted octanol–water partition coefficient (Wildman–Crippen LogP) is 3.10. The van der Waals surface area contributed by atoms with E-state index in [1.807, 2.05) is 0 Å². The molecule has 2 fully saturated rings. The number of amides is 1. The van der Waals surface area contributed by atoms with Crippen LogP contribution >= 0.6 is 23.2 Å². The van der Waals surface area contributed by atoms with Crippen molar-refractivity contribution in [2.45, 2.75) is 10.9 Å². The number of halogens is 2. The molecule has 0 bridgehead atoms. The summed E-state index contributed by atoms with van der Waals surface area (Å²) in [7, 11) is -4.04. The van der Waals surface area contributed by atoms with Crippen LogP contribution < -0.4 is 0 Å². The van der Waals surface area contributed by atoms with Crippen molar-refractivity contribution in [3.8, 4) is 11.5 Å². The summed E-state index contributed by atoms with van der Waals surface area (Å²) >= 11 is 11.8. The van der Waals surface area contributed by atoms with Crippen LogP contribution in [0.1, 0.15) is 10.5 Å². The zero-order chi connectivity index (χ0) is 22.8. The Bertz CT molecular complexity index is 1380. The lowest BCUT2D eigenvalue weighted by atomic mass is 9.96. The number of phenols is 2. The lowest BCUT2D eigenvalue weighted by Crippen LogP contribution is -2.57. The maximum absolute atomic E-state index is 13.1. The molecule has 11 heteroatoms.